The zero-order valence-corrected chi connectivity index (χ0v) is 16.6. The van der Waals surface area contributed by atoms with Crippen molar-refractivity contribution in [2.45, 2.75) is 25.4 Å². The third kappa shape index (κ3) is 11.1. The van der Waals surface area contributed by atoms with E-state index in [0.717, 1.165) is 0 Å². The van der Waals surface area contributed by atoms with Gasteiger partial charge in [-0.25, -0.2) is 4.39 Å². The first-order valence-electron chi connectivity index (χ1n) is 7.69. The Morgan fingerprint density at radius 1 is 1.20 bits per heavy atom. The quantitative estimate of drug-likeness (QED) is 0.202. The Morgan fingerprint density at radius 2 is 1.84 bits per heavy atom. The molecule has 0 saturated carbocycles. The number of alkyl halides is 3. The maximum atomic E-state index is 12.8. The highest BCUT2D eigenvalue weighted by Gasteiger charge is 2.25. The number of hydrogen-bond acceptors (Lipinski definition) is 2. The fourth-order valence-electron chi connectivity index (χ4n) is 1.97. The summed E-state index contributed by atoms with van der Waals surface area (Å²) in [4.78, 5) is 5.89. The predicted molar refractivity (Wildman–Crippen MR) is 101 cm³/mol. The molecule has 1 aromatic carbocycles. The zero-order valence-electron chi connectivity index (χ0n) is 14.3. The molecule has 144 valence electrons. The van der Waals surface area contributed by atoms with Crippen molar-refractivity contribution in [3.8, 4) is 5.75 Å². The van der Waals surface area contributed by atoms with Crippen LogP contribution in [0.5, 0.6) is 5.75 Å². The number of benzene rings is 1. The first-order valence-corrected chi connectivity index (χ1v) is 7.69. The summed E-state index contributed by atoms with van der Waals surface area (Å²) in [6.07, 6.45) is -4.37. The van der Waals surface area contributed by atoms with Crippen LogP contribution in [0.1, 0.15) is 19.3 Å². The number of likely N-dealkylation sites (N-methyl/N-ethyl adjacent to an activating group) is 1. The van der Waals surface area contributed by atoms with Crippen LogP contribution >= 0.6 is 24.0 Å². The normalized spacial score (nSPS) is 11.7. The summed E-state index contributed by atoms with van der Waals surface area (Å²) >= 11 is 0. The van der Waals surface area contributed by atoms with Gasteiger partial charge in [0.15, 0.2) is 5.96 Å². The zero-order chi connectivity index (χ0) is 18.0. The van der Waals surface area contributed by atoms with Gasteiger partial charge in [-0.05, 0) is 37.1 Å². The molecule has 0 spiro atoms. The van der Waals surface area contributed by atoms with Gasteiger partial charge < -0.3 is 15.0 Å². The van der Waals surface area contributed by atoms with Crippen molar-refractivity contribution in [3.05, 3.63) is 30.1 Å². The molecule has 1 rings (SSSR count). The van der Waals surface area contributed by atoms with E-state index < -0.39 is 12.6 Å². The molecule has 4 nitrogen and oxygen atoms in total. The number of hydrogen-bond donors (Lipinski definition) is 1. The van der Waals surface area contributed by atoms with Gasteiger partial charge in [0.05, 0.1) is 6.54 Å². The van der Waals surface area contributed by atoms with E-state index in [2.05, 4.69) is 10.3 Å². The molecular weight excluding hydrogens is 453 g/mol. The summed E-state index contributed by atoms with van der Waals surface area (Å²) in [6.45, 7) is 1.32. The van der Waals surface area contributed by atoms with Crippen LogP contribution in [0.2, 0.25) is 0 Å². The number of rotatable bonds is 8. The van der Waals surface area contributed by atoms with Crippen LogP contribution in [0.4, 0.5) is 17.6 Å². The van der Waals surface area contributed by atoms with E-state index in [-0.39, 0.29) is 36.2 Å². The minimum absolute atomic E-state index is 0. The second-order valence-electron chi connectivity index (χ2n) is 5.27. The van der Waals surface area contributed by atoms with Gasteiger partial charge in [-0.3, -0.25) is 4.99 Å². The highest BCUT2D eigenvalue weighted by molar-refractivity contribution is 14.0. The van der Waals surface area contributed by atoms with E-state index in [4.69, 9.17) is 4.74 Å². The van der Waals surface area contributed by atoms with Gasteiger partial charge in [0.1, 0.15) is 18.2 Å². The van der Waals surface area contributed by atoms with Crippen molar-refractivity contribution in [1.82, 2.24) is 10.2 Å². The summed E-state index contributed by atoms with van der Waals surface area (Å²) in [5.74, 6) is 0.833. The molecule has 0 aliphatic rings. The lowest BCUT2D eigenvalue weighted by Crippen LogP contribution is -2.41. The smallest absolute Gasteiger partial charge is 0.389 e. The third-order valence-corrected chi connectivity index (χ3v) is 3.25. The molecule has 0 heterocycles. The summed E-state index contributed by atoms with van der Waals surface area (Å²) in [5.41, 5.74) is 0. The first kappa shape index (κ1) is 23.7. The molecule has 0 saturated heterocycles. The highest BCUT2D eigenvalue weighted by Crippen LogP contribution is 2.21. The molecule has 1 N–H and O–H groups in total. The molecule has 0 bridgehead atoms. The number of ether oxygens (including phenoxy) is 1. The van der Waals surface area contributed by atoms with Crippen molar-refractivity contribution in [1.29, 1.82) is 0 Å². The Balaban J connectivity index is 0.00000576. The fraction of sp³-hybridized carbons (Fsp3) is 0.562. The number of unbranched alkanes of at least 4 members (excludes halogenated alkanes) is 1. The van der Waals surface area contributed by atoms with Gasteiger partial charge in [0.25, 0.3) is 0 Å². The van der Waals surface area contributed by atoms with Gasteiger partial charge in [0, 0.05) is 27.1 Å². The number of nitrogens with zero attached hydrogens (tertiary/aromatic N) is 2. The molecule has 1 aromatic rings. The molecule has 0 aliphatic heterocycles. The van der Waals surface area contributed by atoms with Gasteiger partial charge >= 0.3 is 6.18 Å². The van der Waals surface area contributed by atoms with Crippen LogP contribution in [-0.2, 0) is 0 Å². The van der Waals surface area contributed by atoms with Crippen molar-refractivity contribution >= 4 is 29.9 Å². The van der Waals surface area contributed by atoms with Crippen LogP contribution in [0.15, 0.2) is 29.3 Å². The van der Waals surface area contributed by atoms with Gasteiger partial charge in [-0.2, -0.15) is 13.2 Å². The molecule has 25 heavy (non-hydrogen) atoms. The molecule has 0 unspecified atom stereocenters. The molecule has 9 heteroatoms. The van der Waals surface area contributed by atoms with Crippen molar-refractivity contribution < 1.29 is 22.3 Å². The molecule has 0 fully saturated rings. The average Bonchev–Trinajstić information content (AvgIpc) is 2.51. The molecule has 0 amide bonds. The Morgan fingerprint density at radius 3 is 2.40 bits per heavy atom. The number of nitrogens with one attached hydrogen (secondary N) is 1. The highest BCUT2D eigenvalue weighted by atomic mass is 127. The summed E-state index contributed by atoms with van der Waals surface area (Å²) < 4.78 is 54.4. The van der Waals surface area contributed by atoms with Crippen LogP contribution in [0.3, 0.4) is 0 Å². The number of aliphatic imine (C=N–C) groups is 1. The number of halogens is 5. The van der Waals surface area contributed by atoms with Crippen LogP contribution < -0.4 is 10.1 Å². The Hall–Kier alpha value is -1.26. The topological polar surface area (TPSA) is 36.9 Å². The number of guanidine groups is 1. The van der Waals surface area contributed by atoms with Crippen molar-refractivity contribution in [3.63, 3.8) is 0 Å². The molecule has 0 aromatic heterocycles. The molecule has 0 aliphatic carbocycles. The van der Waals surface area contributed by atoms with Crippen LogP contribution in [-0.4, -0.2) is 50.8 Å². The van der Waals surface area contributed by atoms with Crippen LogP contribution in [0.25, 0.3) is 0 Å². The van der Waals surface area contributed by atoms with Gasteiger partial charge in [-0.15, -0.1) is 24.0 Å². The van der Waals surface area contributed by atoms with E-state index >= 15 is 0 Å². The Kier molecular flexibility index (Phi) is 11.5. The lowest BCUT2D eigenvalue weighted by Gasteiger charge is -2.22. The standard InChI is InChI=1S/C16H23F4N3O.HI/c1-21-15(22-10-4-3-9-16(18,19)20)23(2)11-12-24-14-7-5-13(17)6-8-14;/h5-8H,3-4,9-12H2,1-2H3,(H,21,22);1H. The average molecular weight is 477 g/mol. The van der Waals surface area contributed by atoms with E-state index in [1.54, 1.807) is 26.2 Å². The fourth-order valence-corrected chi connectivity index (χ4v) is 1.97. The van der Waals surface area contributed by atoms with E-state index in [1.807, 2.05) is 4.90 Å². The Labute approximate surface area is 162 Å². The van der Waals surface area contributed by atoms with Gasteiger partial charge in [0.2, 0.25) is 0 Å². The molecule has 0 radical (unpaired) electrons. The third-order valence-electron chi connectivity index (χ3n) is 3.25. The lowest BCUT2D eigenvalue weighted by atomic mass is 10.2. The Bertz CT molecular complexity index is 509. The molecule has 0 atom stereocenters. The molecular formula is C16H24F4IN3O. The van der Waals surface area contributed by atoms with Gasteiger partial charge in [-0.1, -0.05) is 0 Å². The minimum Gasteiger partial charge on any atom is -0.492 e. The largest absolute Gasteiger partial charge is 0.492 e. The second-order valence-corrected chi connectivity index (χ2v) is 5.27. The SMILES string of the molecule is CN=C(NCCCCC(F)(F)F)N(C)CCOc1ccc(F)cc1.I. The maximum Gasteiger partial charge on any atom is 0.389 e. The lowest BCUT2D eigenvalue weighted by molar-refractivity contribution is -0.135. The van der Waals surface area contributed by atoms with E-state index in [9.17, 15) is 17.6 Å². The minimum atomic E-state index is -4.10. The van der Waals surface area contributed by atoms with Crippen molar-refractivity contribution in [2.24, 2.45) is 4.99 Å². The second kappa shape index (κ2) is 12.2. The van der Waals surface area contributed by atoms with Crippen molar-refractivity contribution in [2.75, 3.05) is 33.8 Å². The summed E-state index contributed by atoms with van der Waals surface area (Å²) in [6, 6.07) is 5.73. The first-order chi connectivity index (χ1) is 11.3. The van der Waals surface area contributed by atoms with E-state index in [0.29, 0.717) is 37.8 Å². The predicted octanol–water partition coefficient (Wildman–Crippen LogP) is 4.06. The summed E-state index contributed by atoms with van der Waals surface area (Å²) in [7, 11) is 3.41. The monoisotopic (exact) mass is 477 g/mol. The maximum absolute atomic E-state index is 12.8. The summed E-state index contributed by atoms with van der Waals surface area (Å²) in [5, 5.41) is 3.02. The van der Waals surface area contributed by atoms with E-state index in [1.165, 1.54) is 12.1 Å². The van der Waals surface area contributed by atoms with Crippen LogP contribution in [0, 0.1) is 5.82 Å².